The summed E-state index contributed by atoms with van der Waals surface area (Å²) in [4.78, 5) is 17.0. The predicted octanol–water partition coefficient (Wildman–Crippen LogP) is 4.55. The van der Waals surface area contributed by atoms with Crippen LogP contribution in [0.15, 0.2) is 90.9 Å². The third-order valence-electron chi connectivity index (χ3n) is 4.93. The Bertz CT molecular complexity index is 1300. The van der Waals surface area contributed by atoms with Crippen molar-refractivity contribution in [2.24, 2.45) is 0 Å². The van der Waals surface area contributed by atoms with E-state index in [0.29, 0.717) is 29.2 Å². The first-order valence-electron chi connectivity index (χ1n) is 10.3. The van der Waals surface area contributed by atoms with Crippen LogP contribution in [-0.2, 0) is 11.3 Å². The topological polar surface area (TPSA) is 92.8 Å². The number of rotatable bonds is 7. The second-order valence-corrected chi connectivity index (χ2v) is 7.21. The Morgan fingerprint density at radius 2 is 1.91 bits per heavy atom. The number of carbonyl (C=O) groups is 1. The lowest BCUT2D eigenvalue weighted by Gasteiger charge is -2.05. The second-order valence-electron chi connectivity index (χ2n) is 7.21. The van der Waals surface area contributed by atoms with Crippen LogP contribution in [0.5, 0.6) is 5.75 Å². The first-order valence-corrected chi connectivity index (χ1v) is 10.3. The fourth-order valence-corrected chi connectivity index (χ4v) is 3.30. The maximum absolute atomic E-state index is 12.8. The Labute approximate surface area is 191 Å². The largest absolute Gasteiger partial charge is 0.497 e. The summed E-state index contributed by atoms with van der Waals surface area (Å²) >= 11 is 0. The van der Waals surface area contributed by atoms with Gasteiger partial charge in [-0.2, -0.15) is 10.4 Å². The lowest BCUT2D eigenvalue weighted by molar-refractivity contribution is -0.112. The van der Waals surface area contributed by atoms with E-state index in [4.69, 9.17) is 9.84 Å². The van der Waals surface area contributed by atoms with E-state index in [2.05, 4.69) is 10.3 Å². The average Bonchev–Trinajstić information content (AvgIpc) is 3.26. The van der Waals surface area contributed by atoms with Gasteiger partial charge in [-0.05, 0) is 48.0 Å². The van der Waals surface area contributed by atoms with Gasteiger partial charge in [-0.3, -0.25) is 14.5 Å². The summed E-state index contributed by atoms with van der Waals surface area (Å²) < 4.78 is 6.92. The predicted molar refractivity (Wildman–Crippen MR) is 126 cm³/mol. The number of aromatic nitrogens is 3. The zero-order valence-electron chi connectivity index (χ0n) is 18.0. The van der Waals surface area contributed by atoms with Gasteiger partial charge in [0.15, 0.2) is 0 Å². The molecule has 0 radical (unpaired) electrons. The molecule has 0 aliphatic heterocycles. The number of hydrogen-bond donors (Lipinski definition) is 1. The highest BCUT2D eigenvalue weighted by Gasteiger charge is 2.15. The van der Waals surface area contributed by atoms with Crippen LogP contribution in [0.3, 0.4) is 0 Å². The highest BCUT2D eigenvalue weighted by atomic mass is 16.5. The molecule has 0 atom stereocenters. The molecule has 0 aliphatic rings. The van der Waals surface area contributed by atoms with E-state index < -0.39 is 5.91 Å². The van der Waals surface area contributed by atoms with Gasteiger partial charge >= 0.3 is 0 Å². The Balaban J connectivity index is 1.65. The number of methoxy groups -OCH3 is 1. The van der Waals surface area contributed by atoms with Crippen LogP contribution in [0.25, 0.3) is 17.3 Å². The molecule has 0 aliphatic carbocycles. The third-order valence-corrected chi connectivity index (χ3v) is 4.93. The smallest absolute Gasteiger partial charge is 0.266 e. The minimum absolute atomic E-state index is 0.0322. The van der Waals surface area contributed by atoms with E-state index in [9.17, 15) is 10.1 Å². The van der Waals surface area contributed by atoms with Crippen LogP contribution in [0.4, 0.5) is 5.69 Å². The second kappa shape index (κ2) is 10.1. The van der Waals surface area contributed by atoms with Crippen molar-refractivity contribution in [3.05, 3.63) is 102 Å². The summed E-state index contributed by atoms with van der Waals surface area (Å²) in [6.07, 6.45) is 6.77. The Kier molecular flexibility index (Phi) is 6.57. The Hall–Kier alpha value is -4.70. The van der Waals surface area contributed by atoms with Crippen LogP contribution < -0.4 is 10.1 Å². The van der Waals surface area contributed by atoms with Gasteiger partial charge in [-0.15, -0.1) is 0 Å². The van der Waals surface area contributed by atoms with Gasteiger partial charge in [0.05, 0.1) is 13.7 Å². The Morgan fingerprint density at radius 1 is 1.12 bits per heavy atom. The quantitative estimate of drug-likeness (QED) is 0.340. The molecule has 7 heteroatoms. The third kappa shape index (κ3) is 5.32. The normalized spacial score (nSPS) is 11.0. The van der Waals surface area contributed by atoms with Crippen LogP contribution >= 0.6 is 0 Å². The van der Waals surface area contributed by atoms with Crippen molar-refractivity contribution in [3.63, 3.8) is 0 Å². The summed E-state index contributed by atoms with van der Waals surface area (Å²) in [5.74, 6) is 0.173. The summed E-state index contributed by atoms with van der Waals surface area (Å²) in [7, 11) is 1.57. The van der Waals surface area contributed by atoms with Crippen LogP contribution in [0.1, 0.15) is 11.1 Å². The molecular formula is C26H21N5O2. The van der Waals surface area contributed by atoms with E-state index in [-0.39, 0.29) is 5.57 Å². The molecule has 0 saturated carbocycles. The van der Waals surface area contributed by atoms with Gasteiger partial charge in [0.1, 0.15) is 23.1 Å². The van der Waals surface area contributed by atoms with Crippen molar-refractivity contribution in [1.29, 1.82) is 5.26 Å². The van der Waals surface area contributed by atoms with Crippen molar-refractivity contribution in [1.82, 2.24) is 14.8 Å². The van der Waals surface area contributed by atoms with E-state index >= 15 is 0 Å². The summed E-state index contributed by atoms with van der Waals surface area (Å²) in [5, 5.41) is 17.1. The number of nitriles is 1. The Morgan fingerprint density at radius 3 is 2.58 bits per heavy atom. The van der Waals surface area contributed by atoms with Crippen molar-refractivity contribution < 1.29 is 9.53 Å². The first kappa shape index (κ1) is 21.5. The number of benzene rings is 2. The lowest BCUT2D eigenvalue weighted by Crippen LogP contribution is -2.13. The van der Waals surface area contributed by atoms with Gasteiger partial charge < -0.3 is 10.1 Å². The fourth-order valence-electron chi connectivity index (χ4n) is 3.30. The van der Waals surface area contributed by atoms with Crippen molar-refractivity contribution in [3.8, 4) is 23.1 Å². The molecule has 0 unspecified atom stereocenters. The molecule has 2 aromatic heterocycles. The molecule has 1 amide bonds. The van der Waals surface area contributed by atoms with Gasteiger partial charge in [0.2, 0.25) is 0 Å². The molecule has 33 heavy (non-hydrogen) atoms. The number of anilines is 1. The molecule has 4 aromatic rings. The zero-order chi connectivity index (χ0) is 23.0. The molecular weight excluding hydrogens is 414 g/mol. The number of amides is 1. The van der Waals surface area contributed by atoms with Gasteiger partial charge in [-0.25, -0.2) is 0 Å². The number of hydrogen-bond acceptors (Lipinski definition) is 5. The average molecular weight is 435 g/mol. The monoisotopic (exact) mass is 435 g/mol. The van der Waals surface area contributed by atoms with Crippen molar-refractivity contribution >= 4 is 17.7 Å². The molecule has 0 fully saturated rings. The van der Waals surface area contributed by atoms with E-state index in [1.807, 2.05) is 54.7 Å². The standard InChI is InChI=1S/C26H21N5O2/c1-33-24-11-9-23(10-12-24)29-26(32)21(15-27)14-22-18-31(17-19-6-3-2-4-7-19)30-25(22)20-8-5-13-28-16-20/h2-14,16,18H,17H2,1H3,(H,29,32)/b21-14+. The lowest BCUT2D eigenvalue weighted by atomic mass is 10.1. The molecule has 162 valence electrons. The summed E-state index contributed by atoms with van der Waals surface area (Å²) in [5.41, 5.74) is 3.71. The number of nitrogens with one attached hydrogen (secondary N) is 1. The van der Waals surface area contributed by atoms with Crippen molar-refractivity contribution in [2.75, 3.05) is 12.4 Å². The molecule has 0 spiro atoms. The SMILES string of the molecule is COc1ccc(NC(=O)/C(C#N)=C/c2cn(Cc3ccccc3)nc2-c2cccnc2)cc1. The van der Waals surface area contributed by atoms with E-state index in [1.165, 1.54) is 0 Å². The molecule has 7 nitrogen and oxygen atoms in total. The first-order chi connectivity index (χ1) is 16.2. The number of pyridine rings is 1. The van der Waals surface area contributed by atoms with Crippen LogP contribution in [-0.4, -0.2) is 27.8 Å². The van der Waals surface area contributed by atoms with Gasteiger partial charge in [0.25, 0.3) is 5.91 Å². The van der Waals surface area contributed by atoms with Crippen LogP contribution in [0.2, 0.25) is 0 Å². The van der Waals surface area contributed by atoms with Gasteiger partial charge in [-0.1, -0.05) is 30.3 Å². The maximum atomic E-state index is 12.8. The molecule has 1 N–H and O–H groups in total. The zero-order valence-corrected chi connectivity index (χ0v) is 18.0. The molecule has 4 rings (SSSR count). The molecule has 0 bridgehead atoms. The van der Waals surface area contributed by atoms with Gasteiger partial charge in [0, 0.05) is 35.4 Å². The number of carbonyl (C=O) groups excluding carboxylic acids is 1. The number of nitrogens with zero attached hydrogens (tertiary/aromatic N) is 4. The van der Waals surface area contributed by atoms with E-state index in [1.54, 1.807) is 54.5 Å². The maximum Gasteiger partial charge on any atom is 0.266 e. The molecule has 2 aromatic carbocycles. The minimum Gasteiger partial charge on any atom is -0.497 e. The summed E-state index contributed by atoms with van der Waals surface area (Å²) in [6.45, 7) is 0.557. The van der Waals surface area contributed by atoms with Crippen molar-refractivity contribution in [2.45, 2.75) is 6.54 Å². The molecule has 2 heterocycles. The minimum atomic E-state index is -0.504. The van der Waals surface area contributed by atoms with E-state index in [0.717, 1.165) is 11.1 Å². The highest BCUT2D eigenvalue weighted by molar-refractivity contribution is 6.10. The number of ether oxygens (including phenoxy) is 1. The highest BCUT2D eigenvalue weighted by Crippen LogP contribution is 2.24. The molecule has 0 saturated heterocycles. The fraction of sp³-hybridized carbons (Fsp3) is 0.0769. The summed E-state index contributed by atoms with van der Waals surface area (Å²) in [6, 6.07) is 22.6. The van der Waals surface area contributed by atoms with Crippen LogP contribution in [0, 0.1) is 11.3 Å².